The smallest absolute Gasteiger partial charge is 0.271 e. The molecule has 1 aromatic carbocycles. The first-order valence-electron chi connectivity index (χ1n) is 6.00. The number of nitro groups is 1. The lowest BCUT2D eigenvalue weighted by Gasteiger charge is -2.21. The Morgan fingerprint density at radius 2 is 2.39 bits per heavy atom. The maximum Gasteiger partial charge on any atom is 0.271 e. The molecule has 18 heavy (non-hydrogen) atoms. The van der Waals surface area contributed by atoms with Crippen LogP contribution in [0.2, 0.25) is 0 Å². The van der Waals surface area contributed by atoms with Crippen LogP contribution in [0.15, 0.2) is 18.2 Å². The fraction of sp³-hybridized carbons (Fsp3) is 0.500. The molecule has 98 valence electrons. The number of nitrogens with one attached hydrogen (secondary N) is 1. The number of nitrogens with zero attached hydrogens (tertiary/aromatic N) is 1. The molecule has 1 heterocycles. The van der Waals surface area contributed by atoms with Gasteiger partial charge in [0.1, 0.15) is 0 Å². The predicted molar refractivity (Wildman–Crippen MR) is 69.6 cm³/mol. The monoisotopic (exact) mass is 251 g/mol. The SMILES string of the molecule is CC(Nc1ccc([N+](=O)[O-])cc1N)C1CCCO1. The van der Waals surface area contributed by atoms with E-state index in [2.05, 4.69) is 5.32 Å². The Bertz CT molecular complexity index is 444. The highest BCUT2D eigenvalue weighted by atomic mass is 16.6. The molecule has 6 nitrogen and oxygen atoms in total. The maximum absolute atomic E-state index is 10.6. The normalized spacial score (nSPS) is 20.6. The van der Waals surface area contributed by atoms with E-state index in [-0.39, 0.29) is 17.8 Å². The number of non-ortho nitro benzene ring substituents is 1. The van der Waals surface area contributed by atoms with E-state index in [1.807, 2.05) is 6.92 Å². The van der Waals surface area contributed by atoms with Crippen LogP contribution < -0.4 is 11.1 Å². The molecule has 1 aromatic rings. The lowest BCUT2D eigenvalue weighted by atomic mass is 10.1. The number of rotatable bonds is 4. The Labute approximate surface area is 105 Å². The molecule has 1 aliphatic rings. The third kappa shape index (κ3) is 2.70. The van der Waals surface area contributed by atoms with Crippen LogP contribution >= 0.6 is 0 Å². The van der Waals surface area contributed by atoms with E-state index in [0.717, 1.165) is 19.4 Å². The van der Waals surface area contributed by atoms with Crippen LogP contribution in [-0.2, 0) is 4.74 Å². The number of nitrogen functional groups attached to an aromatic ring is 1. The quantitative estimate of drug-likeness (QED) is 0.486. The molecule has 1 saturated heterocycles. The minimum atomic E-state index is -0.455. The van der Waals surface area contributed by atoms with Crippen molar-refractivity contribution in [2.45, 2.75) is 31.9 Å². The average Bonchev–Trinajstić information content (AvgIpc) is 2.85. The third-order valence-electron chi connectivity index (χ3n) is 3.15. The molecule has 6 heteroatoms. The van der Waals surface area contributed by atoms with Crippen LogP contribution in [0.5, 0.6) is 0 Å². The Balaban J connectivity index is 2.06. The molecular formula is C12H17N3O3. The summed E-state index contributed by atoms with van der Waals surface area (Å²) in [5.74, 6) is 0. The highest BCUT2D eigenvalue weighted by Gasteiger charge is 2.22. The van der Waals surface area contributed by atoms with Crippen molar-refractivity contribution in [3.05, 3.63) is 28.3 Å². The third-order valence-corrected chi connectivity index (χ3v) is 3.15. The van der Waals surface area contributed by atoms with Gasteiger partial charge >= 0.3 is 0 Å². The summed E-state index contributed by atoms with van der Waals surface area (Å²) in [4.78, 5) is 10.2. The van der Waals surface area contributed by atoms with Gasteiger partial charge in [0.2, 0.25) is 0 Å². The zero-order chi connectivity index (χ0) is 13.1. The van der Waals surface area contributed by atoms with Gasteiger partial charge in [-0.15, -0.1) is 0 Å². The average molecular weight is 251 g/mol. The second-order valence-electron chi connectivity index (χ2n) is 4.51. The molecular weight excluding hydrogens is 234 g/mol. The molecule has 0 aromatic heterocycles. The van der Waals surface area contributed by atoms with E-state index in [1.54, 1.807) is 6.07 Å². The molecule has 3 N–H and O–H groups in total. The van der Waals surface area contributed by atoms with Gasteiger partial charge in [-0.3, -0.25) is 10.1 Å². The molecule has 2 unspecified atom stereocenters. The van der Waals surface area contributed by atoms with Crippen molar-refractivity contribution >= 4 is 17.1 Å². The van der Waals surface area contributed by atoms with E-state index in [9.17, 15) is 10.1 Å². The number of nitrogens with two attached hydrogens (primary N) is 1. The molecule has 0 spiro atoms. The summed E-state index contributed by atoms with van der Waals surface area (Å²) < 4.78 is 5.58. The summed E-state index contributed by atoms with van der Waals surface area (Å²) in [6, 6.07) is 4.58. The lowest BCUT2D eigenvalue weighted by molar-refractivity contribution is -0.384. The van der Waals surface area contributed by atoms with E-state index in [4.69, 9.17) is 10.5 Å². The zero-order valence-electron chi connectivity index (χ0n) is 10.3. The maximum atomic E-state index is 10.6. The van der Waals surface area contributed by atoms with Gasteiger partial charge in [0.15, 0.2) is 0 Å². The first kappa shape index (κ1) is 12.6. The van der Waals surface area contributed by atoms with Gasteiger partial charge in [0.05, 0.1) is 22.4 Å². The van der Waals surface area contributed by atoms with E-state index >= 15 is 0 Å². The van der Waals surface area contributed by atoms with Crippen molar-refractivity contribution in [2.75, 3.05) is 17.7 Å². The van der Waals surface area contributed by atoms with Gasteiger partial charge in [0, 0.05) is 24.8 Å². The van der Waals surface area contributed by atoms with Crippen molar-refractivity contribution < 1.29 is 9.66 Å². The molecule has 0 amide bonds. The second kappa shape index (κ2) is 5.22. The second-order valence-corrected chi connectivity index (χ2v) is 4.51. The van der Waals surface area contributed by atoms with Gasteiger partial charge in [-0.1, -0.05) is 0 Å². The molecule has 0 bridgehead atoms. The molecule has 1 fully saturated rings. The van der Waals surface area contributed by atoms with Crippen LogP contribution in [0.3, 0.4) is 0 Å². The Morgan fingerprint density at radius 3 is 2.94 bits per heavy atom. The fourth-order valence-electron chi connectivity index (χ4n) is 2.13. The van der Waals surface area contributed by atoms with Gasteiger partial charge in [-0.05, 0) is 25.8 Å². The lowest BCUT2D eigenvalue weighted by Crippen LogP contribution is -2.30. The molecule has 2 rings (SSSR count). The first-order chi connectivity index (χ1) is 8.58. The summed E-state index contributed by atoms with van der Waals surface area (Å²) in [6.07, 6.45) is 2.28. The minimum absolute atomic E-state index is 0.00261. The minimum Gasteiger partial charge on any atom is -0.397 e. The molecule has 2 atom stereocenters. The number of nitro benzene ring substituents is 1. The summed E-state index contributed by atoms with van der Waals surface area (Å²) in [7, 11) is 0. The van der Waals surface area contributed by atoms with Crippen LogP contribution in [-0.4, -0.2) is 23.7 Å². The van der Waals surface area contributed by atoms with Crippen molar-refractivity contribution in [1.29, 1.82) is 0 Å². The summed E-state index contributed by atoms with van der Waals surface area (Å²) >= 11 is 0. The molecule has 0 aliphatic carbocycles. The number of benzene rings is 1. The highest BCUT2D eigenvalue weighted by Crippen LogP contribution is 2.26. The van der Waals surface area contributed by atoms with Crippen LogP contribution in [0.1, 0.15) is 19.8 Å². The van der Waals surface area contributed by atoms with Gasteiger partial charge in [-0.25, -0.2) is 0 Å². The topological polar surface area (TPSA) is 90.4 Å². The Hall–Kier alpha value is -1.82. The van der Waals surface area contributed by atoms with E-state index in [0.29, 0.717) is 11.4 Å². The van der Waals surface area contributed by atoms with Crippen molar-refractivity contribution in [2.24, 2.45) is 0 Å². The number of hydrogen-bond acceptors (Lipinski definition) is 5. The molecule has 1 aliphatic heterocycles. The van der Waals surface area contributed by atoms with Gasteiger partial charge < -0.3 is 15.8 Å². The van der Waals surface area contributed by atoms with Crippen LogP contribution in [0.4, 0.5) is 17.1 Å². The Kier molecular flexibility index (Phi) is 3.66. The van der Waals surface area contributed by atoms with Crippen LogP contribution in [0.25, 0.3) is 0 Å². The van der Waals surface area contributed by atoms with Crippen LogP contribution in [0, 0.1) is 10.1 Å². The van der Waals surface area contributed by atoms with Crippen molar-refractivity contribution in [1.82, 2.24) is 0 Å². The molecule has 0 saturated carbocycles. The number of hydrogen-bond donors (Lipinski definition) is 2. The van der Waals surface area contributed by atoms with Crippen molar-refractivity contribution in [3.8, 4) is 0 Å². The number of anilines is 2. The first-order valence-corrected chi connectivity index (χ1v) is 6.00. The highest BCUT2D eigenvalue weighted by molar-refractivity contribution is 5.69. The number of ether oxygens (including phenoxy) is 1. The van der Waals surface area contributed by atoms with E-state index in [1.165, 1.54) is 12.1 Å². The van der Waals surface area contributed by atoms with Crippen molar-refractivity contribution in [3.63, 3.8) is 0 Å². The van der Waals surface area contributed by atoms with E-state index < -0.39 is 4.92 Å². The summed E-state index contributed by atoms with van der Waals surface area (Å²) in [5.41, 5.74) is 6.90. The summed E-state index contributed by atoms with van der Waals surface area (Å²) in [6.45, 7) is 2.82. The zero-order valence-corrected chi connectivity index (χ0v) is 10.3. The predicted octanol–water partition coefficient (Wildman–Crippen LogP) is 2.16. The standard InChI is InChI=1S/C12H17N3O3/c1-8(12-3-2-6-18-12)14-11-5-4-9(15(16)17)7-10(11)13/h4-5,7-8,12,14H,2-3,6,13H2,1H3. The van der Waals surface area contributed by atoms with Gasteiger partial charge in [0.25, 0.3) is 5.69 Å². The fourth-order valence-corrected chi connectivity index (χ4v) is 2.13. The summed E-state index contributed by atoms with van der Waals surface area (Å²) in [5, 5.41) is 13.9. The van der Waals surface area contributed by atoms with Gasteiger partial charge in [-0.2, -0.15) is 0 Å². The largest absolute Gasteiger partial charge is 0.397 e. The molecule has 0 radical (unpaired) electrons. The Morgan fingerprint density at radius 1 is 1.61 bits per heavy atom.